The SMILES string of the molecule is COc1ccc([C@@H]2Oc3ccccc3C(=O)[C@@H]2O)cc1. The molecule has 0 bridgehead atoms. The van der Waals surface area contributed by atoms with Gasteiger partial charge in [-0.15, -0.1) is 0 Å². The van der Waals surface area contributed by atoms with Gasteiger partial charge in [0, 0.05) is 0 Å². The average molecular weight is 270 g/mol. The number of benzene rings is 2. The Morgan fingerprint density at radius 3 is 2.50 bits per heavy atom. The van der Waals surface area contributed by atoms with Gasteiger partial charge in [-0.3, -0.25) is 4.79 Å². The fraction of sp³-hybridized carbons (Fsp3) is 0.188. The molecule has 1 aliphatic rings. The van der Waals surface area contributed by atoms with Gasteiger partial charge in [0.15, 0.2) is 18.0 Å². The number of ketones is 1. The Morgan fingerprint density at radius 2 is 1.80 bits per heavy atom. The first-order chi connectivity index (χ1) is 9.70. The molecule has 0 aliphatic carbocycles. The van der Waals surface area contributed by atoms with Crippen LogP contribution in [0, 0.1) is 0 Å². The number of methoxy groups -OCH3 is 1. The fourth-order valence-electron chi connectivity index (χ4n) is 2.31. The molecule has 3 rings (SSSR count). The number of Topliss-reactive ketones (excluding diaryl/α,β-unsaturated/α-hetero) is 1. The second-order valence-electron chi connectivity index (χ2n) is 4.62. The zero-order valence-corrected chi connectivity index (χ0v) is 10.9. The maximum atomic E-state index is 12.2. The predicted molar refractivity (Wildman–Crippen MR) is 73.1 cm³/mol. The van der Waals surface area contributed by atoms with Crippen LogP contribution in [0.4, 0.5) is 0 Å². The maximum Gasteiger partial charge on any atom is 0.199 e. The molecule has 20 heavy (non-hydrogen) atoms. The zero-order valence-electron chi connectivity index (χ0n) is 10.9. The molecule has 0 saturated carbocycles. The first kappa shape index (κ1) is 12.7. The maximum absolute atomic E-state index is 12.2. The summed E-state index contributed by atoms with van der Waals surface area (Å²) in [5, 5.41) is 10.2. The molecule has 1 heterocycles. The van der Waals surface area contributed by atoms with Gasteiger partial charge >= 0.3 is 0 Å². The van der Waals surface area contributed by atoms with Crippen molar-refractivity contribution in [1.29, 1.82) is 0 Å². The van der Waals surface area contributed by atoms with E-state index in [0.717, 1.165) is 5.56 Å². The number of carbonyl (C=O) groups is 1. The van der Waals surface area contributed by atoms with Gasteiger partial charge in [0.1, 0.15) is 11.5 Å². The molecule has 0 unspecified atom stereocenters. The van der Waals surface area contributed by atoms with Gasteiger partial charge in [-0.05, 0) is 29.8 Å². The van der Waals surface area contributed by atoms with Crippen molar-refractivity contribution in [1.82, 2.24) is 0 Å². The molecule has 2 aromatic carbocycles. The van der Waals surface area contributed by atoms with Crippen LogP contribution >= 0.6 is 0 Å². The lowest BCUT2D eigenvalue weighted by atomic mass is 9.93. The van der Waals surface area contributed by atoms with E-state index in [0.29, 0.717) is 17.1 Å². The normalized spacial score (nSPS) is 21.0. The van der Waals surface area contributed by atoms with Crippen LogP contribution in [0.3, 0.4) is 0 Å². The molecule has 4 heteroatoms. The Bertz CT molecular complexity index is 633. The second-order valence-corrected chi connectivity index (χ2v) is 4.62. The predicted octanol–water partition coefficient (Wildman–Crippen LogP) is 2.37. The first-order valence-electron chi connectivity index (χ1n) is 6.32. The highest BCUT2D eigenvalue weighted by molar-refractivity contribution is 6.03. The lowest BCUT2D eigenvalue weighted by molar-refractivity contribution is 0.0216. The molecule has 0 radical (unpaired) electrons. The molecule has 0 fully saturated rings. The third-order valence-corrected chi connectivity index (χ3v) is 3.41. The highest BCUT2D eigenvalue weighted by Gasteiger charge is 2.36. The highest BCUT2D eigenvalue weighted by atomic mass is 16.5. The number of ether oxygens (including phenoxy) is 2. The molecule has 0 amide bonds. The van der Waals surface area contributed by atoms with Gasteiger partial charge < -0.3 is 14.6 Å². The van der Waals surface area contributed by atoms with E-state index in [1.165, 1.54) is 0 Å². The molecule has 0 spiro atoms. The number of carbonyl (C=O) groups excluding carboxylic acids is 1. The van der Waals surface area contributed by atoms with Gasteiger partial charge in [0.2, 0.25) is 0 Å². The molecule has 2 aromatic rings. The summed E-state index contributed by atoms with van der Waals surface area (Å²) >= 11 is 0. The number of aliphatic hydroxyl groups is 1. The number of rotatable bonds is 2. The Kier molecular flexibility index (Phi) is 3.16. The van der Waals surface area contributed by atoms with Crippen LogP contribution in [0.2, 0.25) is 0 Å². The summed E-state index contributed by atoms with van der Waals surface area (Å²) in [5.41, 5.74) is 1.16. The van der Waals surface area contributed by atoms with Gasteiger partial charge in [-0.2, -0.15) is 0 Å². The van der Waals surface area contributed by atoms with Crippen molar-refractivity contribution in [2.45, 2.75) is 12.2 Å². The summed E-state index contributed by atoms with van der Waals surface area (Å²) in [6, 6.07) is 14.1. The largest absolute Gasteiger partial charge is 0.497 e. The lowest BCUT2D eigenvalue weighted by Gasteiger charge is -2.29. The van der Waals surface area contributed by atoms with E-state index < -0.39 is 12.2 Å². The highest BCUT2D eigenvalue weighted by Crippen LogP contribution is 2.35. The quantitative estimate of drug-likeness (QED) is 0.910. The van der Waals surface area contributed by atoms with Crippen LogP contribution in [0.25, 0.3) is 0 Å². The van der Waals surface area contributed by atoms with Crippen LogP contribution in [-0.4, -0.2) is 24.1 Å². The van der Waals surface area contributed by atoms with Crippen molar-refractivity contribution in [2.24, 2.45) is 0 Å². The topological polar surface area (TPSA) is 55.8 Å². The van der Waals surface area contributed by atoms with E-state index in [1.54, 1.807) is 55.6 Å². The van der Waals surface area contributed by atoms with Crippen molar-refractivity contribution in [2.75, 3.05) is 7.11 Å². The summed E-state index contributed by atoms with van der Waals surface area (Å²) in [4.78, 5) is 12.2. The molecule has 2 atom stereocenters. The first-order valence-corrected chi connectivity index (χ1v) is 6.32. The van der Waals surface area contributed by atoms with Crippen molar-refractivity contribution in [3.8, 4) is 11.5 Å². The Morgan fingerprint density at radius 1 is 1.10 bits per heavy atom. The van der Waals surface area contributed by atoms with Crippen LogP contribution in [0.15, 0.2) is 48.5 Å². The van der Waals surface area contributed by atoms with Crippen molar-refractivity contribution >= 4 is 5.78 Å². The molecule has 102 valence electrons. The number of aliphatic hydroxyl groups excluding tert-OH is 1. The molecule has 1 aliphatic heterocycles. The number of hydrogen-bond donors (Lipinski definition) is 1. The monoisotopic (exact) mass is 270 g/mol. The van der Waals surface area contributed by atoms with Crippen LogP contribution in [0.1, 0.15) is 22.0 Å². The van der Waals surface area contributed by atoms with Gasteiger partial charge in [0.05, 0.1) is 12.7 Å². The van der Waals surface area contributed by atoms with Crippen LogP contribution in [0.5, 0.6) is 11.5 Å². The number of hydrogen-bond acceptors (Lipinski definition) is 4. The van der Waals surface area contributed by atoms with Gasteiger partial charge in [-0.1, -0.05) is 24.3 Å². The molecule has 0 saturated heterocycles. The summed E-state index contributed by atoms with van der Waals surface area (Å²) in [5.74, 6) is 0.905. The number of fused-ring (bicyclic) bond motifs is 1. The Labute approximate surface area is 116 Å². The second kappa shape index (κ2) is 4.98. The summed E-state index contributed by atoms with van der Waals surface area (Å²) in [7, 11) is 1.58. The molecule has 0 aromatic heterocycles. The van der Waals surface area contributed by atoms with Gasteiger partial charge in [-0.25, -0.2) is 0 Å². The van der Waals surface area contributed by atoms with E-state index in [-0.39, 0.29) is 5.78 Å². The third-order valence-electron chi connectivity index (χ3n) is 3.41. The minimum atomic E-state index is -1.20. The van der Waals surface area contributed by atoms with E-state index in [9.17, 15) is 9.90 Å². The van der Waals surface area contributed by atoms with Crippen LogP contribution in [-0.2, 0) is 0 Å². The lowest BCUT2D eigenvalue weighted by Crippen LogP contribution is -2.36. The van der Waals surface area contributed by atoms with E-state index in [4.69, 9.17) is 9.47 Å². The minimum Gasteiger partial charge on any atom is -0.497 e. The molecule has 4 nitrogen and oxygen atoms in total. The summed E-state index contributed by atoms with van der Waals surface area (Å²) in [6.07, 6.45) is -1.89. The molecule has 1 N–H and O–H groups in total. The summed E-state index contributed by atoms with van der Waals surface area (Å²) < 4.78 is 10.9. The third kappa shape index (κ3) is 2.04. The minimum absolute atomic E-state index is 0.312. The Balaban J connectivity index is 1.97. The van der Waals surface area contributed by atoms with Gasteiger partial charge in [0.25, 0.3) is 0 Å². The summed E-state index contributed by atoms with van der Waals surface area (Å²) in [6.45, 7) is 0. The zero-order chi connectivity index (χ0) is 14.1. The molecular formula is C16H14O4. The van der Waals surface area contributed by atoms with Crippen molar-refractivity contribution in [3.63, 3.8) is 0 Å². The smallest absolute Gasteiger partial charge is 0.199 e. The Hall–Kier alpha value is -2.33. The van der Waals surface area contributed by atoms with Crippen molar-refractivity contribution in [3.05, 3.63) is 59.7 Å². The van der Waals surface area contributed by atoms with E-state index in [2.05, 4.69) is 0 Å². The van der Waals surface area contributed by atoms with Crippen molar-refractivity contribution < 1.29 is 19.4 Å². The van der Waals surface area contributed by atoms with E-state index >= 15 is 0 Å². The average Bonchev–Trinajstić information content (AvgIpc) is 2.51. The standard InChI is InChI=1S/C16H14O4/c1-19-11-8-6-10(7-9-11)16-15(18)14(17)12-4-2-3-5-13(12)20-16/h2-9,15-16,18H,1H3/t15-,16-/m0/s1. The fourth-order valence-corrected chi connectivity index (χ4v) is 2.31. The van der Waals surface area contributed by atoms with Crippen LogP contribution < -0.4 is 9.47 Å². The van der Waals surface area contributed by atoms with E-state index in [1.807, 2.05) is 0 Å². The molecular weight excluding hydrogens is 256 g/mol. The number of para-hydroxylation sites is 1.